The minimum Gasteiger partial charge on any atom is -0.530 e. The van der Waals surface area contributed by atoms with E-state index in [0.717, 1.165) is 10.5 Å². The number of nitrogens with zero attached hydrogens (tertiary/aromatic N) is 2. The highest BCUT2D eigenvalue weighted by atomic mass is 32.2. The Labute approximate surface area is 269 Å². The lowest BCUT2D eigenvalue weighted by Gasteiger charge is -2.43. The molecule has 252 valence electrons. The third-order valence-corrected chi connectivity index (χ3v) is 10.6. The average molecular weight is 661 g/mol. The zero-order valence-corrected chi connectivity index (χ0v) is 27.1. The van der Waals surface area contributed by atoms with Gasteiger partial charge in [0.2, 0.25) is 22.7 Å². The number of rotatable bonds is 14. The van der Waals surface area contributed by atoms with Gasteiger partial charge in [-0.25, -0.2) is 8.42 Å². The van der Waals surface area contributed by atoms with Gasteiger partial charge < -0.3 is 44.2 Å². The van der Waals surface area contributed by atoms with Gasteiger partial charge in [0.25, 0.3) is 0 Å². The topological polar surface area (TPSA) is 167 Å². The summed E-state index contributed by atoms with van der Waals surface area (Å²) >= 11 is 0. The summed E-state index contributed by atoms with van der Waals surface area (Å²) in [6.45, 7) is 5.48. The van der Waals surface area contributed by atoms with Crippen LogP contribution >= 0.6 is 0 Å². The van der Waals surface area contributed by atoms with Crippen LogP contribution in [0.4, 0.5) is 4.79 Å². The van der Waals surface area contributed by atoms with Crippen molar-refractivity contribution in [2.45, 2.75) is 69.4 Å². The summed E-state index contributed by atoms with van der Waals surface area (Å²) in [7, 11) is -4.25. The molecule has 2 amide bonds. The van der Waals surface area contributed by atoms with Gasteiger partial charge in [0, 0.05) is 38.5 Å². The number of fused-ring (bicyclic) bond motifs is 2. The number of sulfonamides is 1. The fraction of sp³-hybridized carbons (Fsp3) is 0.562. The largest absolute Gasteiger partial charge is 0.530 e. The Bertz CT molecular complexity index is 1490. The maximum absolute atomic E-state index is 14.3. The predicted molar refractivity (Wildman–Crippen MR) is 163 cm³/mol. The van der Waals surface area contributed by atoms with Crippen molar-refractivity contribution in [2.75, 3.05) is 39.6 Å². The van der Waals surface area contributed by atoms with Crippen molar-refractivity contribution in [3.63, 3.8) is 0 Å². The molecule has 13 nitrogen and oxygen atoms in total. The normalized spacial score (nSPS) is 22.0. The standard InChI is InChI=1S/C32H43N3O10S/c1-21(36)33-13-12-32(2,3)19-34(46(40,41)23-9-10-28-29(16-23)45-20-44-28)17-27(37)25(15-22-7-5-4-6-8-22)35(31(38)39)26-18-43-30-24(26)11-14-42-30/h4-10,16,24-27,30,37H,11-15,17-20H2,1-3H3,(H,33,36)(H,38,39)/p-1/t24-,25-,26-,27+,30+/m0/s1. The smallest absolute Gasteiger partial charge is 0.243 e. The van der Waals surface area contributed by atoms with Crippen LogP contribution in [0.15, 0.2) is 53.4 Å². The van der Waals surface area contributed by atoms with E-state index in [2.05, 4.69) is 5.32 Å². The SMILES string of the molecule is CC(=O)NCCC(C)(C)CN(C[C@@H](O)[C@H](Cc1ccccc1)N(C(=O)[O-])[C@H]1CO[C@H]2OCC[C@H]21)S(=O)(=O)c1ccc2c(c1)OCO2. The Hall–Kier alpha value is -3.43. The molecule has 0 aromatic heterocycles. The fourth-order valence-electron chi connectivity index (χ4n) is 6.42. The monoisotopic (exact) mass is 660 g/mol. The average Bonchev–Trinajstić information content (AvgIpc) is 3.75. The number of hydrogen-bond donors (Lipinski definition) is 2. The number of carbonyl (C=O) groups is 2. The van der Waals surface area contributed by atoms with Crippen LogP contribution in [0.5, 0.6) is 11.5 Å². The number of ether oxygens (including phenoxy) is 4. The molecule has 0 saturated carbocycles. The van der Waals surface area contributed by atoms with Crippen molar-refractivity contribution >= 4 is 22.0 Å². The molecule has 5 atom stereocenters. The molecule has 2 N–H and O–H groups in total. The van der Waals surface area contributed by atoms with Gasteiger partial charge in [-0.05, 0) is 42.4 Å². The number of hydrogen-bond acceptors (Lipinski definition) is 10. The number of carboxylic acid groups (broad SMARTS) is 1. The summed E-state index contributed by atoms with van der Waals surface area (Å²) in [5.41, 5.74) is 0.110. The maximum Gasteiger partial charge on any atom is 0.243 e. The van der Waals surface area contributed by atoms with E-state index in [1.807, 2.05) is 44.2 Å². The summed E-state index contributed by atoms with van der Waals surface area (Å²) in [5.74, 6) is 0.255. The van der Waals surface area contributed by atoms with Gasteiger partial charge in [0.05, 0.1) is 36.3 Å². The van der Waals surface area contributed by atoms with Gasteiger partial charge in [-0.3, -0.25) is 4.79 Å². The fourth-order valence-corrected chi connectivity index (χ4v) is 8.08. The molecule has 0 spiro atoms. The molecule has 0 radical (unpaired) electrons. The molecule has 2 aromatic rings. The molecule has 0 unspecified atom stereocenters. The lowest BCUT2D eigenvalue weighted by atomic mass is 9.89. The number of benzene rings is 2. The van der Waals surface area contributed by atoms with Crippen molar-refractivity contribution in [1.29, 1.82) is 0 Å². The zero-order valence-electron chi connectivity index (χ0n) is 26.3. The molecule has 2 fully saturated rings. The van der Waals surface area contributed by atoms with E-state index in [4.69, 9.17) is 18.9 Å². The maximum atomic E-state index is 14.3. The quantitative estimate of drug-likeness (QED) is 0.302. The zero-order chi connectivity index (χ0) is 33.1. The van der Waals surface area contributed by atoms with E-state index in [1.165, 1.54) is 29.4 Å². The summed E-state index contributed by atoms with van der Waals surface area (Å²) in [5, 5.41) is 27.5. The summed E-state index contributed by atoms with van der Waals surface area (Å²) in [6.07, 6.45) is -2.36. The molecule has 3 aliphatic rings. The van der Waals surface area contributed by atoms with Crippen molar-refractivity contribution in [1.82, 2.24) is 14.5 Å². The van der Waals surface area contributed by atoms with E-state index >= 15 is 0 Å². The van der Waals surface area contributed by atoms with Gasteiger partial charge in [-0.1, -0.05) is 44.2 Å². The minimum absolute atomic E-state index is 0.0323. The predicted octanol–water partition coefficient (Wildman–Crippen LogP) is 1.34. The van der Waals surface area contributed by atoms with Crippen molar-refractivity contribution in [3.8, 4) is 11.5 Å². The van der Waals surface area contributed by atoms with Crippen molar-refractivity contribution in [3.05, 3.63) is 54.1 Å². The van der Waals surface area contributed by atoms with Crippen molar-refractivity contribution in [2.24, 2.45) is 11.3 Å². The van der Waals surface area contributed by atoms with Crippen LogP contribution in [0.2, 0.25) is 0 Å². The highest BCUT2D eigenvalue weighted by molar-refractivity contribution is 7.89. The van der Waals surface area contributed by atoms with Crippen LogP contribution in [-0.4, -0.2) is 98.8 Å². The Balaban J connectivity index is 1.48. The van der Waals surface area contributed by atoms with Gasteiger partial charge in [0.1, 0.15) is 6.09 Å². The Morgan fingerprint density at radius 2 is 1.85 bits per heavy atom. The van der Waals surface area contributed by atoms with Gasteiger partial charge in [-0.2, -0.15) is 4.31 Å². The Kier molecular flexibility index (Phi) is 10.4. The first kappa shape index (κ1) is 33.9. The third-order valence-electron chi connectivity index (χ3n) is 8.82. The third kappa shape index (κ3) is 7.74. The van der Waals surface area contributed by atoms with Crippen LogP contribution in [0, 0.1) is 11.3 Å². The van der Waals surface area contributed by atoms with Crippen LogP contribution in [0.3, 0.4) is 0 Å². The molecule has 14 heteroatoms. The second kappa shape index (κ2) is 14.1. The molecule has 46 heavy (non-hydrogen) atoms. The highest BCUT2D eigenvalue weighted by Gasteiger charge is 2.47. The van der Waals surface area contributed by atoms with Gasteiger partial charge in [0.15, 0.2) is 17.8 Å². The van der Waals surface area contributed by atoms with Crippen LogP contribution in [-0.2, 0) is 30.7 Å². The van der Waals surface area contributed by atoms with E-state index in [9.17, 15) is 28.2 Å². The van der Waals surface area contributed by atoms with Crippen molar-refractivity contribution < 1.29 is 47.2 Å². The number of aliphatic hydroxyl groups excluding tert-OH is 1. The van der Waals surface area contributed by atoms with E-state index in [1.54, 1.807) is 0 Å². The first-order chi connectivity index (χ1) is 21.9. The number of nitrogens with one attached hydrogen (secondary N) is 1. The number of amides is 2. The van der Waals surface area contributed by atoms with Crippen LogP contribution in [0.25, 0.3) is 0 Å². The van der Waals surface area contributed by atoms with Crippen LogP contribution in [0.1, 0.15) is 39.2 Å². The molecule has 2 aromatic carbocycles. The molecule has 2 saturated heterocycles. The summed E-state index contributed by atoms with van der Waals surface area (Å²) in [4.78, 5) is 25.4. The molecule has 0 aliphatic carbocycles. The number of carbonyl (C=O) groups excluding carboxylic acids is 2. The molecular formula is C32H42N3O10S-. The van der Waals surface area contributed by atoms with Crippen LogP contribution < -0.4 is 19.9 Å². The van der Waals surface area contributed by atoms with E-state index in [0.29, 0.717) is 31.7 Å². The second-order valence-corrected chi connectivity index (χ2v) is 14.7. The minimum atomic E-state index is -4.25. The first-order valence-electron chi connectivity index (χ1n) is 15.4. The number of aliphatic hydroxyl groups is 1. The summed E-state index contributed by atoms with van der Waals surface area (Å²) in [6, 6.07) is 11.7. The Morgan fingerprint density at radius 3 is 2.57 bits per heavy atom. The second-order valence-electron chi connectivity index (χ2n) is 12.8. The lowest BCUT2D eigenvalue weighted by Crippen LogP contribution is -2.61. The highest BCUT2D eigenvalue weighted by Crippen LogP contribution is 2.38. The molecular weight excluding hydrogens is 618 g/mol. The lowest BCUT2D eigenvalue weighted by molar-refractivity contribution is -0.273. The molecule has 3 heterocycles. The Morgan fingerprint density at radius 1 is 1.11 bits per heavy atom. The van der Waals surface area contributed by atoms with E-state index < -0.39 is 52.6 Å². The van der Waals surface area contributed by atoms with E-state index in [-0.39, 0.29) is 48.8 Å². The first-order valence-corrected chi connectivity index (χ1v) is 16.9. The molecule has 0 bridgehead atoms. The molecule has 5 rings (SSSR count). The molecule has 3 aliphatic heterocycles. The van der Waals surface area contributed by atoms with Gasteiger partial charge in [-0.15, -0.1) is 0 Å². The summed E-state index contributed by atoms with van der Waals surface area (Å²) < 4.78 is 51.9. The van der Waals surface area contributed by atoms with Gasteiger partial charge >= 0.3 is 0 Å².